The number of nitro benzene ring substituents is 1. The molecule has 0 aromatic heterocycles. The van der Waals surface area contributed by atoms with Gasteiger partial charge >= 0.3 is 5.97 Å². The molecule has 0 N–H and O–H groups in total. The minimum absolute atomic E-state index is 0.0129. The van der Waals surface area contributed by atoms with Gasteiger partial charge in [-0.1, -0.05) is 12.1 Å². The molecule has 0 radical (unpaired) electrons. The average molecular weight is 370 g/mol. The maximum Gasteiger partial charge on any atom is 0.359 e. The fraction of sp³-hybridized carbons (Fsp3) is 0.263. The maximum atomic E-state index is 12.4. The molecule has 8 heteroatoms. The van der Waals surface area contributed by atoms with Crippen LogP contribution in [0, 0.1) is 10.1 Å². The Hall–Kier alpha value is -3.42. The van der Waals surface area contributed by atoms with Gasteiger partial charge in [0.1, 0.15) is 0 Å². The number of esters is 1. The first-order valence-electron chi connectivity index (χ1n) is 8.35. The third-order valence-electron chi connectivity index (χ3n) is 3.81. The summed E-state index contributed by atoms with van der Waals surface area (Å²) in [4.78, 5) is 24.7. The van der Waals surface area contributed by atoms with E-state index in [-0.39, 0.29) is 18.0 Å². The molecule has 2 aromatic rings. The van der Waals surface area contributed by atoms with E-state index in [2.05, 4.69) is 5.10 Å². The number of nitro groups is 1. The standard InChI is InChI=1S/C19H22N4O4/c1-5-27-19(24)18(14-6-8-15(9-7-14)21(2)3)20-22(4)16-10-12-17(13-11-16)23(25)26/h6-13H,5H2,1-4H3/b20-18-. The third kappa shape index (κ3) is 5.04. The minimum Gasteiger partial charge on any atom is -0.461 e. The van der Waals surface area contributed by atoms with Crippen molar-refractivity contribution in [3.63, 3.8) is 0 Å². The number of ether oxygens (including phenoxy) is 1. The van der Waals surface area contributed by atoms with Crippen LogP contribution >= 0.6 is 0 Å². The maximum absolute atomic E-state index is 12.4. The number of carbonyl (C=O) groups excluding carboxylic acids is 1. The van der Waals surface area contributed by atoms with Gasteiger partial charge in [0.15, 0.2) is 5.71 Å². The van der Waals surface area contributed by atoms with E-state index in [1.54, 1.807) is 38.2 Å². The van der Waals surface area contributed by atoms with Gasteiger partial charge in [-0.15, -0.1) is 0 Å². The molecule has 0 saturated heterocycles. The van der Waals surface area contributed by atoms with Crippen molar-refractivity contribution in [2.24, 2.45) is 5.10 Å². The number of anilines is 2. The van der Waals surface area contributed by atoms with E-state index >= 15 is 0 Å². The van der Waals surface area contributed by atoms with Crippen LogP contribution in [0.1, 0.15) is 12.5 Å². The second-order valence-electron chi connectivity index (χ2n) is 5.91. The zero-order chi connectivity index (χ0) is 20.0. The Kier molecular flexibility index (Phi) is 6.48. The van der Waals surface area contributed by atoms with Crippen molar-refractivity contribution in [1.29, 1.82) is 0 Å². The van der Waals surface area contributed by atoms with Gasteiger partial charge in [0.05, 0.1) is 17.2 Å². The smallest absolute Gasteiger partial charge is 0.359 e. The number of hydrazone groups is 1. The summed E-state index contributed by atoms with van der Waals surface area (Å²) in [5.41, 5.74) is 2.36. The summed E-state index contributed by atoms with van der Waals surface area (Å²) < 4.78 is 5.13. The second kappa shape index (κ2) is 8.79. The van der Waals surface area contributed by atoms with Crippen molar-refractivity contribution in [3.8, 4) is 0 Å². The van der Waals surface area contributed by atoms with Crippen LogP contribution in [-0.2, 0) is 9.53 Å². The molecule has 0 amide bonds. The first-order valence-corrected chi connectivity index (χ1v) is 8.35. The Bertz CT molecular complexity index is 830. The lowest BCUT2D eigenvalue weighted by molar-refractivity contribution is -0.384. The number of hydrogen-bond donors (Lipinski definition) is 0. The van der Waals surface area contributed by atoms with Gasteiger partial charge in [0, 0.05) is 44.5 Å². The van der Waals surface area contributed by atoms with Crippen LogP contribution in [-0.4, -0.2) is 44.4 Å². The van der Waals surface area contributed by atoms with Crippen molar-refractivity contribution in [1.82, 2.24) is 0 Å². The molecule has 2 rings (SSSR count). The molecule has 0 aliphatic rings. The van der Waals surface area contributed by atoms with Crippen molar-refractivity contribution in [2.75, 3.05) is 37.7 Å². The van der Waals surface area contributed by atoms with E-state index in [0.29, 0.717) is 11.3 Å². The fourth-order valence-corrected chi connectivity index (χ4v) is 2.33. The van der Waals surface area contributed by atoms with Gasteiger partial charge in [0.2, 0.25) is 0 Å². The summed E-state index contributed by atoms with van der Waals surface area (Å²) in [5, 5.41) is 16.6. The van der Waals surface area contributed by atoms with Crippen LogP contribution in [0.15, 0.2) is 53.6 Å². The fourth-order valence-electron chi connectivity index (χ4n) is 2.33. The molecule has 8 nitrogen and oxygen atoms in total. The van der Waals surface area contributed by atoms with E-state index in [9.17, 15) is 14.9 Å². The molecule has 0 spiro atoms. The number of carbonyl (C=O) groups is 1. The molecular formula is C19H22N4O4. The summed E-state index contributed by atoms with van der Waals surface area (Å²) in [5.74, 6) is -0.538. The highest BCUT2D eigenvalue weighted by Gasteiger charge is 2.17. The largest absolute Gasteiger partial charge is 0.461 e. The lowest BCUT2D eigenvalue weighted by Crippen LogP contribution is -2.23. The van der Waals surface area contributed by atoms with E-state index in [4.69, 9.17) is 4.74 Å². The molecule has 0 heterocycles. The molecule has 0 atom stereocenters. The molecule has 0 aliphatic heterocycles. The van der Waals surface area contributed by atoms with Gasteiger partial charge < -0.3 is 9.64 Å². The van der Waals surface area contributed by atoms with Crippen molar-refractivity contribution in [3.05, 3.63) is 64.2 Å². The third-order valence-corrected chi connectivity index (χ3v) is 3.81. The van der Waals surface area contributed by atoms with E-state index in [0.717, 1.165) is 5.69 Å². The van der Waals surface area contributed by atoms with Gasteiger partial charge in [-0.3, -0.25) is 15.1 Å². The first kappa shape index (κ1) is 19.9. The van der Waals surface area contributed by atoms with Crippen LogP contribution in [0.2, 0.25) is 0 Å². The van der Waals surface area contributed by atoms with Crippen LogP contribution < -0.4 is 9.91 Å². The minimum atomic E-state index is -0.538. The normalized spacial score (nSPS) is 11.0. The Balaban J connectivity index is 2.37. The van der Waals surface area contributed by atoms with Crippen LogP contribution in [0.3, 0.4) is 0 Å². The topological polar surface area (TPSA) is 88.3 Å². The zero-order valence-corrected chi connectivity index (χ0v) is 15.7. The van der Waals surface area contributed by atoms with E-state index in [1.165, 1.54) is 17.1 Å². The molecule has 2 aromatic carbocycles. The monoisotopic (exact) mass is 370 g/mol. The predicted molar refractivity (Wildman–Crippen MR) is 105 cm³/mol. The Morgan fingerprint density at radius 2 is 1.59 bits per heavy atom. The molecule has 0 fully saturated rings. The number of non-ortho nitro benzene ring substituents is 1. The highest BCUT2D eigenvalue weighted by Crippen LogP contribution is 2.20. The van der Waals surface area contributed by atoms with Crippen molar-refractivity contribution < 1.29 is 14.5 Å². The van der Waals surface area contributed by atoms with Crippen molar-refractivity contribution >= 4 is 28.7 Å². The van der Waals surface area contributed by atoms with Gasteiger partial charge in [-0.25, -0.2) is 4.79 Å². The number of hydrogen-bond acceptors (Lipinski definition) is 7. The van der Waals surface area contributed by atoms with Gasteiger partial charge in [-0.05, 0) is 31.2 Å². The van der Waals surface area contributed by atoms with Crippen LogP contribution in [0.4, 0.5) is 17.1 Å². The van der Waals surface area contributed by atoms with Crippen LogP contribution in [0.25, 0.3) is 0 Å². The summed E-state index contributed by atoms with van der Waals surface area (Å²) >= 11 is 0. The van der Waals surface area contributed by atoms with E-state index in [1.807, 2.05) is 31.1 Å². The number of nitrogens with zero attached hydrogens (tertiary/aromatic N) is 4. The highest BCUT2D eigenvalue weighted by atomic mass is 16.6. The molecule has 0 unspecified atom stereocenters. The first-order chi connectivity index (χ1) is 12.8. The lowest BCUT2D eigenvalue weighted by Gasteiger charge is -2.16. The molecule has 142 valence electrons. The molecular weight excluding hydrogens is 348 g/mol. The van der Waals surface area contributed by atoms with E-state index < -0.39 is 10.9 Å². The summed E-state index contributed by atoms with van der Waals surface area (Å²) in [6, 6.07) is 13.3. The highest BCUT2D eigenvalue weighted by molar-refractivity contribution is 6.43. The summed E-state index contributed by atoms with van der Waals surface area (Å²) in [6.07, 6.45) is 0. The molecule has 0 aliphatic carbocycles. The number of benzene rings is 2. The van der Waals surface area contributed by atoms with Gasteiger partial charge in [-0.2, -0.15) is 5.10 Å². The van der Waals surface area contributed by atoms with Crippen LogP contribution in [0.5, 0.6) is 0 Å². The Labute approximate surface area is 157 Å². The SMILES string of the molecule is CCOC(=O)/C(=N\N(C)c1ccc([N+](=O)[O-])cc1)c1ccc(N(C)C)cc1. The summed E-state index contributed by atoms with van der Waals surface area (Å²) in [7, 11) is 5.52. The predicted octanol–water partition coefficient (Wildman–Crippen LogP) is 3.06. The molecule has 27 heavy (non-hydrogen) atoms. The lowest BCUT2D eigenvalue weighted by atomic mass is 10.1. The zero-order valence-electron chi connectivity index (χ0n) is 15.7. The Morgan fingerprint density at radius 1 is 1.04 bits per heavy atom. The van der Waals surface area contributed by atoms with Crippen molar-refractivity contribution in [2.45, 2.75) is 6.92 Å². The molecule has 0 saturated carbocycles. The van der Waals surface area contributed by atoms with Gasteiger partial charge in [0.25, 0.3) is 5.69 Å². The average Bonchev–Trinajstić information content (AvgIpc) is 2.66. The molecule has 0 bridgehead atoms. The number of rotatable bonds is 7. The second-order valence-corrected chi connectivity index (χ2v) is 5.91. The quantitative estimate of drug-likeness (QED) is 0.322. The summed E-state index contributed by atoms with van der Waals surface area (Å²) in [6.45, 7) is 1.96. The Morgan fingerprint density at radius 3 is 2.07 bits per heavy atom.